The van der Waals surface area contributed by atoms with E-state index in [1.54, 1.807) is 0 Å². The van der Waals surface area contributed by atoms with Crippen LogP contribution in [-0.2, 0) is 9.59 Å². The minimum Gasteiger partial charge on any atom is -0.481 e. The Kier molecular flexibility index (Phi) is 3.13. The third-order valence-corrected chi connectivity index (χ3v) is 3.17. The highest BCUT2D eigenvalue weighted by molar-refractivity contribution is 5.73. The number of carboxylic acid groups (broad SMARTS) is 2. The molecular formula is C10H16O4. The van der Waals surface area contributed by atoms with Gasteiger partial charge in [0.15, 0.2) is 0 Å². The number of hydrogen-bond donors (Lipinski definition) is 2. The van der Waals surface area contributed by atoms with Crippen molar-refractivity contribution in [1.82, 2.24) is 0 Å². The first-order valence-electron chi connectivity index (χ1n) is 4.89. The molecular weight excluding hydrogens is 184 g/mol. The summed E-state index contributed by atoms with van der Waals surface area (Å²) >= 11 is 0. The molecule has 0 radical (unpaired) electrons. The van der Waals surface area contributed by atoms with Gasteiger partial charge in [-0.15, -0.1) is 0 Å². The van der Waals surface area contributed by atoms with Crippen molar-refractivity contribution < 1.29 is 19.8 Å². The van der Waals surface area contributed by atoms with Gasteiger partial charge in [0, 0.05) is 0 Å². The fraction of sp³-hybridized carbons (Fsp3) is 0.800. The van der Waals surface area contributed by atoms with Crippen molar-refractivity contribution in [2.45, 2.75) is 26.7 Å². The summed E-state index contributed by atoms with van der Waals surface area (Å²) in [4.78, 5) is 21.7. The predicted octanol–water partition coefficient (Wildman–Crippen LogP) is 1.45. The van der Waals surface area contributed by atoms with Gasteiger partial charge >= 0.3 is 11.9 Å². The summed E-state index contributed by atoms with van der Waals surface area (Å²) in [5.74, 6) is -2.43. The molecule has 1 rings (SSSR count). The summed E-state index contributed by atoms with van der Waals surface area (Å²) in [6, 6.07) is 0. The Morgan fingerprint density at radius 3 is 1.71 bits per heavy atom. The Labute approximate surface area is 82.9 Å². The van der Waals surface area contributed by atoms with Crippen molar-refractivity contribution in [3.63, 3.8) is 0 Å². The molecule has 0 heterocycles. The van der Waals surface area contributed by atoms with Crippen LogP contribution in [0.4, 0.5) is 0 Å². The second kappa shape index (κ2) is 3.98. The van der Waals surface area contributed by atoms with Gasteiger partial charge in [-0.2, -0.15) is 0 Å². The zero-order valence-electron chi connectivity index (χ0n) is 8.43. The molecule has 2 atom stereocenters. The van der Waals surface area contributed by atoms with E-state index >= 15 is 0 Å². The SMILES string of the molecule is CC1CC(C(=O)O)CC(C)C1C(=O)O. The molecule has 0 aromatic rings. The summed E-state index contributed by atoms with van der Waals surface area (Å²) in [6.07, 6.45) is 0.966. The number of carbonyl (C=O) groups is 2. The highest BCUT2D eigenvalue weighted by Crippen LogP contribution is 2.38. The minimum absolute atomic E-state index is 0.0441. The second-order valence-electron chi connectivity index (χ2n) is 4.33. The van der Waals surface area contributed by atoms with Gasteiger partial charge in [-0.1, -0.05) is 13.8 Å². The van der Waals surface area contributed by atoms with E-state index in [2.05, 4.69) is 0 Å². The normalized spacial score (nSPS) is 37.9. The van der Waals surface area contributed by atoms with Gasteiger partial charge in [-0.3, -0.25) is 9.59 Å². The van der Waals surface area contributed by atoms with Gasteiger partial charge in [0.1, 0.15) is 0 Å². The molecule has 4 heteroatoms. The zero-order chi connectivity index (χ0) is 10.9. The van der Waals surface area contributed by atoms with Crippen LogP contribution in [0.1, 0.15) is 26.7 Å². The molecule has 4 nitrogen and oxygen atoms in total. The molecule has 0 aromatic heterocycles. The summed E-state index contributed by atoms with van der Waals surface area (Å²) in [5, 5.41) is 17.8. The second-order valence-corrected chi connectivity index (χ2v) is 4.33. The van der Waals surface area contributed by atoms with Crippen LogP contribution in [0.25, 0.3) is 0 Å². The van der Waals surface area contributed by atoms with Crippen molar-refractivity contribution in [3.05, 3.63) is 0 Å². The van der Waals surface area contributed by atoms with E-state index in [-0.39, 0.29) is 23.7 Å². The van der Waals surface area contributed by atoms with E-state index in [9.17, 15) is 9.59 Å². The molecule has 1 aliphatic rings. The third kappa shape index (κ3) is 2.05. The summed E-state index contributed by atoms with van der Waals surface area (Å²) in [5.41, 5.74) is 0. The van der Waals surface area contributed by atoms with Crippen LogP contribution in [0, 0.1) is 23.7 Å². The van der Waals surface area contributed by atoms with Crippen LogP contribution in [0.3, 0.4) is 0 Å². The predicted molar refractivity (Wildman–Crippen MR) is 49.8 cm³/mol. The minimum atomic E-state index is -0.799. The fourth-order valence-corrected chi connectivity index (χ4v) is 2.54. The maximum absolute atomic E-state index is 10.9. The lowest BCUT2D eigenvalue weighted by Gasteiger charge is -2.34. The van der Waals surface area contributed by atoms with Crippen LogP contribution >= 0.6 is 0 Å². The molecule has 2 unspecified atom stereocenters. The molecule has 1 fully saturated rings. The van der Waals surface area contributed by atoms with Gasteiger partial charge < -0.3 is 10.2 Å². The zero-order valence-corrected chi connectivity index (χ0v) is 8.43. The quantitative estimate of drug-likeness (QED) is 0.707. The molecule has 0 saturated heterocycles. The monoisotopic (exact) mass is 200 g/mol. The topological polar surface area (TPSA) is 74.6 Å². The highest BCUT2D eigenvalue weighted by atomic mass is 16.4. The van der Waals surface area contributed by atoms with Gasteiger partial charge in [-0.05, 0) is 24.7 Å². The summed E-state index contributed by atoms with van der Waals surface area (Å²) in [7, 11) is 0. The Balaban J connectivity index is 2.72. The van der Waals surface area contributed by atoms with Crippen molar-refractivity contribution in [2.24, 2.45) is 23.7 Å². The fourth-order valence-electron chi connectivity index (χ4n) is 2.54. The number of carboxylic acids is 2. The van der Waals surface area contributed by atoms with Gasteiger partial charge in [-0.25, -0.2) is 0 Å². The van der Waals surface area contributed by atoms with Gasteiger partial charge in [0.05, 0.1) is 11.8 Å². The molecule has 1 aliphatic carbocycles. The van der Waals surface area contributed by atoms with Crippen molar-refractivity contribution in [2.75, 3.05) is 0 Å². The highest BCUT2D eigenvalue weighted by Gasteiger charge is 2.39. The smallest absolute Gasteiger partial charge is 0.307 e. The van der Waals surface area contributed by atoms with E-state index in [0.29, 0.717) is 12.8 Å². The van der Waals surface area contributed by atoms with Crippen LogP contribution in [0.15, 0.2) is 0 Å². The standard InChI is InChI=1S/C10H16O4/c1-5-3-7(9(11)12)4-6(2)8(5)10(13)14/h5-8H,3-4H2,1-2H3,(H,11,12)(H,13,14). The van der Waals surface area contributed by atoms with Gasteiger partial charge in [0.2, 0.25) is 0 Å². The lowest BCUT2D eigenvalue weighted by atomic mass is 9.69. The van der Waals surface area contributed by atoms with Crippen molar-refractivity contribution in [1.29, 1.82) is 0 Å². The van der Waals surface area contributed by atoms with Crippen LogP contribution in [-0.4, -0.2) is 22.2 Å². The maximum Gasteiger partial charge on any atom is 0.307 e. The first-order chi connectivity index (χ1) is 6.43. The Bertz CT molecular complexity index is 237. The lowest BCUT2D eigenvalue weighted by Crippen LogP contribution is -2.37. The molecule has 0 spiro atoms. The Morgan fingerprint density at radius 2 is 1.43 bits per heavy atom. The van der Waals surface area contributed by atoms with E-state index in [1.165, 1.54) is 0 Å². The van der Waals surface area contributed by atoms with Crippen molar-refractivity contribution in [3.8, 4) is 0 Å². The maximum atomic E-state index is 10.9. The molecule has 14 heavy (non-hydrogen) atoms. The Hall–Kier alpha value is -1.06. The molecule has 0 bridgehead atoms. The van der Waals surface area contributed by atoms with Crippen LogP contribution < -0.4 is 0 Å². The largest absolute Gasteiger partial charge is 0.481 e. The van der Waals surface area contributed by atoms with Gasteiger partial charge in [0.25, 0.3) is 0 Å². The van der Waals surface area contributed by atoms with Crippen LogP contribution in [0.5, 0.6) is 0 Å². The van der Waals surface area contributed by atoms with E-state index in [4.69, 9.17) is 10.2 Å². The molecule has 0 aliphatic heterocycles. The number of aliphatic carboxylic acids is 2. The van der Waals surface area contributed by atoms with Crippen LogP contribution in [0.2, 0.25) is 0 Å². The third-order valence-electron chi connectivity index (χ3n) is 3.17. The van der Waals surface area contributed by atoms with E-state index < -0.39 is 11.9 Å². The molecule has 80 valence electrons. The number of hydrogen-bond acceptors (Lipinski definition) is 2. The summed E-state index contributed by atoms with van der Waals surface area (Å²) < 4.78 is 0. The summed E-state index contributed by atoms with van der Waals surface area (Å²) in [6.45, 7) is 3.65. The van der Waals surface area contributed by atoms with Crippen molar-refractivity contribution >= 4 is 11.9 Å². The number of rotatable bonds is 2. The average molecular weight is 200 g/mol. The van der Waals surface area contributed by atoms with E-state index in [0.717, 1.165) is 0 Å². The Morgan fingerprint density at radius 1 is 1.00 bits per heavy atom. The lowest BCUT2D eigenvalue weighted by molar-refractivity contribution is -0.153. The van der Waals surface area contributed by atoms with E-state index in [1.807, 2.05) is 13.8 Å². The molecule has 2 N–H and O–H groups in total. The molecule has 0 aromatic carbocycles. The molecule has 1 saturated carbocycles. The first kappa shape index (κ1) is 11.0. The average Bonchev–Trinajstić information content (AvgIpc) is 2.01. The first-order valence-corrected chi connectivity index (χ1v) is 4.89. The molecule has 0 amide bonds.